The Balaban J connectivity index is 2.17. The largest absolute Gasteiger partial charge is 0.409 e. The molecule has 6 heteroatoms. The van der Waals surface area contributed by atoms with Gasteiger partial charge in [0.25, 0.3) is 0 Å². The highest BCUT2D eigenvalue weighted by atomic mass is 19.4. The number of amides is 1. The minimum atomic E-state index is -4.48. The number of fused-ring (bicyclic) bond motifs is 1. The van der Waals surface area contributed by atoms with E-state index in [1.165, 1.54) is 6.07 Å². The number of nitrogens with one attached hydrogen (secondary N) is 1. The Morgan fingerprint density at radius 3 is 2.45 bits per heavy atom. The zero-order valence-corrected chi connectivity index (χ0v) is 11.9. The van der Waals surface area contributed by atoms with Gasteiger partial charge in [0.1, 0.15) is 0 Å². The molecule has 1 N–H and O–H groups in total. The Kier molecular flexibility index (Phi) is 3.56. The van der Waals surface area contributed by atoms with Crippen molar-refractivity contribution in [3.8, 4) is 0 Å². The first-order valence-corrected chi connectivity index (χ1v) is 6.99. The van der Waals surface area contributed by atoms with Crippen molar-refractivity contribution >= 4 is 16.7 Å². The van der Waals surface area contributed by atoms with Crippen molar-refractivity contribution < 1.29 is 18.0 Å². The van der Waals surface area contributed by atoms with Crippen molar-refractivity contribution in [2.45, 2.75) is 25.6 Å². The monoisotopic (exact) mass is 308 g/mol. The summed E-state index contributed by atoms with van der Waals surface area (Å²) in [6, 6.07) is 8.37. The van der Waals surface area contributed by atoms with E-state index in [1.807, 2.05) is 19.1 Å². The molecule has 2 aromatic rings. The molecule has 1 aliphatic rings. The van der Waals surface area contributed by atoms with E-state index in [1.54, 1.807) is 18.2 Å². The zero-order valence-electron chi connectivity index (χ0n) is 11.9. The number of hydrogen-bond donors (Lipinski definition) is 1. The van der Waals surface area contributed by atoms with E-state index in [9.17, 15) is 18.0 Å². The van der Waals surface area contributed by atoms with E-state index >= 15 is 0 Å². The Labute approximate surface area is 125 Å². The van der Waals surface area contributed by atoms with E-state index in [2.05, 4.69) is 5.43 Å². The van der Waals surface area contributed by atoms with Crippen molar-refractivity contribution in [2.75, 3.05) is 6.54 Å². The van der Waals surface area contributed by atoms with Gasteiger partial charge in [-0.2, -0.15) is 13.2 Å². The third kappa shape index (κ3) is 2.54. The molecule has 0 unspecified atom stereocenters. The van der Waals surface area contributed by atoms with Gasteiger partial charge < -0.3 is 0 Å². The SMILES string of the molecule is Cc1cccc2c([C@H](N3CCC(=O)N3)C(F)(F)F)cccc12. The van der Waals surface area contributed by atoms with Crippen molar-refractivity contribution in [3.63, 3.8) is 0 Å². The van der Waals surface area contributed by atoms with E-state index < -0.39 is 12.2 Å². The van der Waals surface area contributed by atoms with Crippen LogP contribution in [0.25, 0.3) is 10.8 Å². The van der Waals surface area contributed by atoms with Gasteiger partial charge in [0.05, 0.1) is 0 Å². The Morgan fingerprint density at radius 2 is 1.82 bits per heavy atom. The van der Waals surface area contributed by atoms with Crippen LogP contribution in [0.5, 0.6) is 0 Å². The van der Waals surface area contributed by atoms with Crippen molar-refractivity contribution in [3.05, 3.63) is 47.5 Å². The molecule has 1 fully saturated rings. The molecule has 0 spiro atoms. The van der Waals surface area contributed by atoms with Crippen LogP contribution in [0.1, 0.15) is 23.6 Å². The molecule has 2 aromatic carbocycles. The number of hydrazine groups is 1. The van der Waals surface area contributed by atoms with Crippen LogP contribution in [0.4, 0.5) is 13.2 Å². The molecule has 1 amide bonds. The molecule has 1 aliphatic heterocycles. The fourth-order valence-corrected chi connectivity index (χ4v) is 2.94. The van der Waals surface area contributed by atoms with Gasteiger partial charge in [0.15, 0.2) is 6.04 Å². The number of halogens is 3. The highest BCUT2D eigenvalue weighted by Crippen LogP contribution is 2.40. The number of nitrogens with zero attached hydrogens (tertiary/aromatic N) is 1. The number of carbonyl (C=O) groups is 1. The maximum Gasteiger partial charge on any atom is 0.409 e. The maximum atomic E-state index is 13.6. The highest BCUT2D eigenvalue weighted by molar-refractivity contribution is 5.89. The van der Waals surface area contributed by atoms with Crippen LogP contribution < -0.4 is 5.43 Å². The smallest absolute Gasteiger partial charge is 0.288 e. The topological polar surface area (TPSA) is 32.3 Å². The van der Waals surface area contributed by atoms with Gasteiger partial charge in [0, 0.05) is 13.0 Å². The molecule has 116 valence electrons. The molecule has 3 rings (SSSR count). The summed E-state index contributed by atoms with van der Waals surface area (Å²) in [5.74, 6) is -0.384. The number of alkyl halides is 3. The average Bonchev–Trinajstić information content (AvgIpc) is 2.85. The second-order valence-electron chi connectivity index (χ2n) is 5.44. The van der Waals surface area contributed by atoms with Crippen molar-refractivity contribution in [1.82, 2.24) is 10.4 Å². The van der Waals surface area contributed by atoms with Gasteiger partial charge in [-0.1, -0.05) is 36.4 Å². The first kappa shape index (κ1) is 14.8. The Morgan fingerprint density at radius 1 is 1.14 bits per heavy atom. The molecule has 0 aromatic heterocycles. The maximum absolute atomic E-state index is 13.6. The zero-order chi connectivity index (χ0) is 15.9. The minimum Gasteiger partial charge on any atom is -0.288 e. The summed E-state index contributed by atoms with van der Waals surface area (Å²) >= 11 is 0. The second kappa shape index (κ2) is 5.28. The molecule has 0 saturated carbocycles. The van der Waals surface area contributed by atoms with Gasteiger partial charge in [-0.05, 0) is 28.8 Å². The lowest BCUT2D eigenvalue weighted by Crippen LogP contribution is -2.43. The molecule has 0 aliphatic carbocycles. The number of aryl methyl sites for hydroxylation is 1. The first-order chi connectivity index (χ1) is 10.4. The summed E-state index contributed by atoms with van der Waals surface area (Å²) in [5.41, 5.74) is 3.40. The molecule has 0 radical (unpaired) electrons. The van der Waals surface area contributed by atoms with Crippen molar-refractivity contribution in [2.24, 2.45) is 0 Å². The van der Waals surface area contributed by atoms with Gasteiger partial charge >= 0.3 is 6.18 Å². The number of rotatable bonds is 2. The molecule has 3 nitrogen and oxygen atoms in total. The molecular formula is C16H15F3N2O. The van der Waals surface area contributed by atoms with Gasteiger partial charge in [-0.15, -0.1) is 0 Å². The number of benzene rings is 2. The third-order valence-electron chi connectivity index (χ3n) is 3.94. The van der Waals surface area contributed by atoms with Crippen LogP contribution in [0.3, 0.4) is 0 Å². The average molecular weight is 308 g/mol. The summed E-state index contributed by atoms with van der Waals surface area (Å²) < 4.78 is 40.9. The quantitative estimate of drug-likeness (QED) is 0.921. The standard InChI is InChI=1S/C16H15F3N2O/c1-10-4-2-6-12-11(10)5-3-7-13(12)15(16(17,18)19)21-9-8-14(22)20-21/h2-7,15H,8-9H2,1H3,(H,20,22)/t15-/m0/s1. The summed E-state index contributed by atoms with van der Waals surface area (Å²) in [6.07, 6.45) is -4.40. The van der Waals surface area contributed by atoms with Gasteiger partial charge in [-0.25, -0.2) is 5.01 Å². The lowest BCUT2D eigenvalue weighted by molar-refractivity contribution is -0.190. The summed E-state index contributed by atoms with van der Waals surface area (Å²) in [6.45, 7) is 1.91. The van der Waals surface area contributed by atoms with E-state index in [-0.39, 0.29) is 24.4 Å². The summed E-state index contributed by atoms with van der Waals surface area (Å²) in [4.78, 5) is 11.3. The molecule has 1 atom stereocenters. The van der Waals surface area contributed by atoms with Crippen LogP contribution in [-0.4, -0.2) is 23.6 Å². The number of hydrogen-bond acceptors (Lipinski definition) is 2. The lowest BCUT2D eigenvalue weighted by atomic mass is 9.95. The Bertz CT molecular complexity index is 727. The predicted molar refractivity (Wildman–Crippen MR) is 76.9 cm³/mol. The minimum absolute atomic E-state index is 0.0468. The fourth-order valence-electron chi connectivity index (χ4n) is 2.94. The summed E-state index contributed by atoms with van der Waals surface area (Å²) in [7, 11) is 0. The van der Waals surface area contributed by atoms with Gasteiger partial charge in [0.2, 0.25) is 5.91 Å². The first-order valence-electron chi connectivity index (χ1n) is 6.99. The van der Waals surface area contributed by atoms with Gasteiger partial charge in [-0.3, -0.25) is 10.2 Å². The normalized spacial score (nSPS) is 17.7. The highest BCUT2D eigenvalue weighted by Gasteiger charge is 2.47. The predicted octanol–water partition coefficient (Wildman–Crippen LogP) is 3.49. The van der Waals surface area contributed by atoms with Crippen LogP contribution >= 0.6 is 0 Å². The van der Waals surface area contributed by atoms with Crippen LogP contribution in [0.2, 0.25) is 0 Å². The third-order valence-corrected chi connectivity index (χ3v) is 3.94. The molecular weight excluding hydrogens is 293 g/mol. The molecule has 1 saturated heterocycles. The Hall–Kier alpha value is -2.08. The van der Waals surface area contributed by atoms with E-state index in [0.29, 0.717) is 5.39 Å². The number of carbonyl (C=O) groups excluding carboxylic acids is 1. The molecule has 22 heavy (non-hydrogen) atoms. The molecule has 1 heterocycles. The lowest BCUT2D eigenvalue weighted by Gasteiger charge is -2.30. The van der Waals surface area contributed by atoms with Crippen LogP contribution in [-0.2, 0) is 4.79 Å². The van der Waals surface area contributed by atoms with Crippen LogP contribution in [0.15, 0.2) is 36.4 Å². The molecule has 0 bridgehead atoms. The second-order valence-corrected chi connectivity index (χ2v) is 5.44. The van der Waals surface area contributed by atoms with Crippen molar-refractivity contribution in [1.29, 1.82) is 0 Å². The van der Waals surface area contributed by atoms with E-state index in [4.69, 9.17) is 0 Å². The van der Waals surface area contributed by atoms with E-state index in [0.717, 1.165) is 16.0 Å². The summed E-state index contributed by atoms with van der Waals surface area (Å²) in [5, 5.41) is 2.34. The fraction of sp³-hybridized carbons (Fsp3) is 0.312. The van der Waals surface area contributed by atoms with Crippen LogP contribution in [0, 0.1) is 6.92 Å².